The van der Waals surface area contributed by atoms with E-state index in [-0.39, 0.29) is 5.56 Å². The number of thioether (sulfide) groups is 1. The van der Waals surface area contributed by atoms with Crippen LogP contribution in [0.4, 0.5) is 0 Å². The normalized spacial score (nSPS) is 11.3. The molecule has 3 heterocycles. The number of rotatable bonds is 5. The third-order valence-electron chi connectivity index (χ3n) is 3.70. The van der Waals surface area contributed by atoms with Gasteiger partial charge in [-0.15, -0.1) is 6.58 Å². The molecule has 0 unspecified atom stereocenters. The first-order valence-corrected chi connectivity index (χ1v) is 8.90. The summed E-state index contributed by atoms with van der Waals surface area (Å²) in [6.45, 7) is 8.30. The van der Waals surface area contributed by atoms with E-state index in [1.807, 2.05) is 24.5 Å². The van der Waals surface area contributed by atoms with E-state index in [1.165, 1.54) is 11.8 Å². The second kappa shape index (κ2) is 6.60. The summed E-state index contributed by atoms with van der Waals surface area (Å²) in [6.07, 6.45) is 5.17. The molecule has 0 N–H and O–H groups in total. The fourth-order valence-electron chi connectivity index (χ4n) is 2.51. The van der Waals surface area contributed by atoms with E-state index >= 15 is 0 Å². The number of pyridine rings is 1. The molecule has 0 bridgehead atoms. The predicted octanol–water partition coefficient (Wildman–Crippen LogP) is 3.01. The van der Waals surface area contributed by atoms with Crippen molar-refractivity contribution in [1.29, 1.82) is 0 Å². The maximum absolute atomic E-state index is 12.7. The SMILES string of the molecule is C=CCn1c(=O)c2cnc(SC)nc2n1-c1cccc(C(C)C)n1. The van der Waals surface area contributed by atoms with Crippen LogP contribution >= 0.6 is 11.8 Å². The van der Waals surface area contributed by atoms with Crippen LogP contribution in [-0.4, -0.2) is 30.6 Å². The first-order chi connectivity index (χ1) is 11.6. The topological polar surface area (TPSA) is 65.6 Å². The van der Waals surface area contributed by atoms with Crippen LogP contribution in [0.2, 0.25) is 0 Å². The molecule has 3 aromatic rings. The molecule has 3 rings (SSSR count). The third-order valence-corrected chi connectivity index (χ3v) is 4.26. The summed E-state index contributed by atoms with van der Waals surface area (Å²) >= 11 is 1.44. The van der Waals surface area contributed by atoms with Gasteiger partial charge in [0.25, 0.3) is 5.56 Å². The molecule has 0 fully saturated rings. The molecule has 0 saturated heterocycles. The van der Waals surface area contributed by atoms with E-state index < -0.39 is 0 Å². The lowest BCUT2D eigenvalue weighted by molar-refractivity contribution is 0.593. The highest BCUT2D eigenvalue weighted by atomic mass is 32.2. The summed E-state index contributed by atoms with van der Waals surface area (Å²) in [7, 11) is 0. The highest BCUT2D eigenvalue weighted by Gasteiger charge is 2.17. The van der Waals surface area contributed by atoms with Gasteiger partial charge < -0.3 is 0 Å². The highest BCUT2D eigenvalue weighted by molar-refractivity contribution is 7.98. The van der Waals surface area contributed by atoms with Crippen LogP contribution < -0.4 is 5.56 Å². The fourth-order valence-corrected chi connectivity index (χ4v) is 2.85. The number of allylic oxidation sites excluding steroid dienone is 1. The molecule has 124 valence electrons. The van der Waals surface area contributed by atoms with Gasteiger partial charge in [-0.2, -0.15) is 0 Å². The Labute approximate surface area is 144 Å². The van der Waals surface area contributed by atoms with Crippen molar-refractivity contribution in [2.24, 2.45) is 0 Å². The van der Waals surface area contributed by atoms with Gasteiger partial charge in [0.2, 0.25) is 0 Å². The highest BCUT2D eigenvalue weighted by Crippen LogP contribution is 2.19. The van der Waals surface area contributed by atoms with E-state index in [4.69, 9.17) is 4.98 Å². The lowest BCUT2D eigenvalue weighted by Gasteiger charge is -2.12. The summed E-state index contributed by atoms with van der Waals surface area (Å²) in [4.78, 5) is 26.2. The Morgan fingerprint density at radius 3 is 2.79 bits per heavy atom. The number of hydrogen-bond donors (Lipinski definition) is 0. The van der Waals surface area contributed by atoms with Crippen molar-refractivity contribution in [1.82, 2.24) is 24.3 Å². The Morgan fingerprint density at radius 2 is 2.12 bits per heavy atom. The fraction of sp³-hybridized carbons (Fsp3) is 0.294. The minimum absolute atomic E-state index is 0.144. The maximum Gasteiger partial charge on any atom is 0.278 e. The molecule has 0 atom stereocenters. The molecule has 0 amide bonds. The van der Waals surface area contributed by atoms with Crippen LogP contribution in [0.1, 0.15) is 25.5 Å². The van der Waals surface area contributed by atoms with E-state index in [0.717, 1.165) is 5.69 Å². The summed E-state index contributed by atoms with van der Waals surface area (Å²) < 4.78 is 3.34. The first-order valence-electron chi connectivity index (χ1n) is 7.67. The van der Waals surface area contributed by atoms with Gasteiger partial charge in [0.05, 0.1) is 6.54 Å². The first kappa shape index (κ1) is 16.4. The number of hydrogen-bond acceptors (Lipinski definition) is 5. The predicted molar refractivity (Wildman–Crippen MR) is 97.0 cm³/mol. The molecule has 0 aliphatic heterocycles. The van der Waals surface area contributed by atoms with Crippen molar-refractivity contribution < 1.29 is 0 Å². The standard InChI is InChI=1S/C17H19N5OS/c1-5-9-21-16(23)12-10-18-17(24-4)20-15(12)22(21)14-8-6-7-13(19-14)11(2)3/h5-8,10-11H,1,9H2,2-4H3. The second-order valence-electron chi connectivity index (χ2n) is 5.66. The Morgan fingerprint density at radius 1 is 1.33 bits per heavy atom. The van der Waals surface area contributed by atoms with Crippen molar-refractivity contribution in [2.45, 2.75) is 31.5 Å². The van der Waals surface area contributed by atoms with Crippen molar-refractivity contribution in [2.75, 3.05) is 6.26 Å². The number of fused-ring (bicyclic) bond motifs is 1. The van der Waals surface area contributed by atoms with Crippen LogP contribution in [0.15, 0.2) is 47.0 Å². The quantitative estimate of drug-likeness (QED) is 0.405. The Bertz CT molecular complexity index is 957. The third kappa shape index (κ3) is 2.75. The minimum Gasteiger partial charge on any atom is -0.267 e. The molecule has 24 heavy (non-hydrogen) atoms. The lowest BCUT2D eigenvalue weighted by atomic mass is 10.1. The van der Waals surface area contributed by atoms with Crippen LogP contribution in [0.5, 0.6) is 0 Å². The summed E-state index contributed by atoms with van der Waals surface area (Å²) in [5, 5.41) is 1.10. The van der Waals surface area contributed by atoms with E-state index in [9.17, 15) is 4.79 Å². The molecular weight excluding hydrogens is 322 g/mol. The molecule has 6 nitrogen and oxygen atoms in total. The summed E-state index contributed by atoms with van der Waals surface area (Å²) in [6, 6.07) is 5.81. The van der Waals surface area contributed by atoms with Gasteiger partial charge in [-0.3, -0.25) is 4.79 Å². The van der Waals surface area contributed by atoms with Crippen molar-refractivity contribution >= 4 is 22.8 Å². The largest absolute Gasteiger partial charge is 0.278 e. The zero-order valence-corrected chi connectivity index (χ0v) is 14.7. The van der Waals surface area contributed by atoms with Gasteiger partial charge in [0, 0.05) is 11.9 Å². The van der Waals surface area contributed by atoms with Gasteiger partial charge in [-0.05, 0) is 24.3 Å². The zero-order valence-electron chi connectivity index (χ0n) is 13.9. The average molecular weight is 341 g/mol. The van der Waals surface area contributed by atoms with Gasteiger partial charge >= 0.3 is 0 Å². The number of nitrogens with zero attached hydrogens (tertiary/aromatic N) is 5. The Kier molecular flexibility index (Phi) is 4.53. The van der Waals surface area contributed by atoms with Gasteiger partial charge in [-0.1, -0.05) is 37.8 Å². The van der Waals surface area contributed by atoms with E-state index in [2.05, 4.69) is 30.4 Å². The van der Waals surface area contributed by atoms with Gasteiger partial charge in [0.15, 0.2) is 16.6 Å². The van der Waals surface area contributed by atoms with Crippen LogP contribution in [0.25, 0.3) is 16.9 Å². The molecule has 0 saturated carbocycles. The molecule has 0 aliphatic carbocycles. The Hall–Kier alpha value is -2.41. The molecule has 0 aromatic carbocycles. The summed E-state index contributed by atoms with van der Waals surface area (Å²) in [5.41, 5.74) is 1.38. The van der Waals surface area contributed by atoms with Gasteiger partial charge in [-0.25, -0.2) is 24.3 Å². The van der Waals surface area contributed by atoms with Gasteiger partial charge in [0.1, 0.15) is 5.39 Å². The molecule has 0 aliphatic rings. The summed E-state index contributed by atoms with van der Waals surface area (Å²) in [5.74, 6) is 0.962. The second-order valence-corrected chi connectivity index (χ2v) is 6.43. The molecule has 0 spiro atoms. The smallest absolute Gasteiger partial charge is 0.267 e. The molecular formula is C17H19N5OS. The van der Waals surface area contributed by atoms with Crippen LogP contribution in [0.3, 0.4) is 0 Å². The van der Waals surface area contributed by atoms with Crippen molar-refractivity contribution in [3.05, 3.63) is 53.1 Å². The Balaban J connectivity index is 2.36. The van der Waals surface area contributed by atoms with Crippen LogP contribution in [0, 0.1) is 0 Å². The molecule has 3 aromatic heterocycles. The average Bonchev–Trinajstić information content (AvgIpc) is 2.87. The minimum atomic E-state index is -0.144. The monoisotopic (exact) mass is 341 g/mol. The maximum atomic E-state index is 12.7. The van der Waals surface area contributed by atoms with E-state index in [1.54, 1.807) is 21.6 Å². The van der Waals surface area contributed by atoms with Crippen molar-refractivity contribution in [3.8, 4) is 5.82 Å². The zero-order chi connectivity index (χ0) is 17.3. The lowest BCUT2D eigenvalue weighted by Crippen LogP contribution is -2.22. The van der Waals surface area contributed by atoms with Crippen LogP contribution in [-0.2, 0) is 6.54 Å². The van der Waals surface area contributed by atoms with Crippen molar-refractivity contribution in [3.63, 3.8) is 0 Å². The molecule has 7 heteroatoms. The number of aromatic nitrogens is 5. The molecule has 0 radical (unpaired) electrons. The van der Waals surface area contributed by atoms with E-state index in [0.29, 0.717) is 34.5 Å².